The predicted octanol–water partition coefficient (Wildman–Crippen LogP) is 4.33. The van der Waals surface area contributed by atoms with E-state index in [-0.39, 0.29) is 28.9 Å². The average molecular weight is 506 g/mol. The third kappa shape index (κ3) is 5.25. The molecule has 3 aromatic rings. The van der Waals surface area contributed by atoms with E-state index >= 15 is 4.39 Å². The van der Waals surface area contributed by atoms with Gasteiger partial charge in [0.25, 0.3) is 17.9 Å². The van der Waals surface area contributed by atoms with Crippen LogP contribution in [0.1, 0.15) is 41.2 Å². The summed E-state index contributed by atoms with van der Waals surface area (Å²) in [5.74, 6) is -1.29. The maximum absolute atomic E-state index is 15.3. The molecule has 1 aliphatic rings. The Balaban J connectivity index is 1.81. The number of rotatable bonds is 5. The van der Waals surface area contributed by atoms with Gasteiger partial charge < -0.3 is 20.1 Å². The van der Waals surface area contributed by atoms with Gasteiger partial charge in [0.15, 0.2) is 0 Å². The molecule has 186 valence electrons. The molecule has 11 heteroatoms. The number of nitrogens with one attached hydrogen (secondary N) is 2. The second kappa shape index (κ2) is 9.82. The summed E-state index contributed by atoms with van der Waals surface area (Å²) in [6.45, 7) is 6.94. The number of anilines is 2. The molecule has 1 aromatic carbocycles. The maximum atomic E-state index is 15.3. The number of carbonyl (C=O) groups excluding carboxylic acids is 1. The van der Waals surface area contributed by atoms with Crippen molar-refractivity contribution in [3.05, 3.63) is 62.9 Å². The zero-order chi connectivity index (χ0) is 25.4. The molecule has 0 unspecified atom stereocenters. The van der Waals surface area contributed by atoms with Crippen molar-refractivity contribution in [2.45, 2.75) is 39.3 Å². The molecule has 4 rings (SSSR count). The van der Waals surface area contributed by atoms with Crippen molar-refractivity contribution in [2.75, 3.05) is 23.3 Å². The number of aryl methyl sites for hydroxylation is 2. The van der Waals surface area contributed by atoms with Gasteiger partial charge in [-0.05, 0) is 32.9 Å². The number of carbonyl (C=O) groups is 1. The Hall–Kier alpha value is -3.18. The average Bonchev–Trinajstić information content (AvgIpc) is 3.21. The molecular weight excluding hydrogens is 479 g/mol. The zero-order valence-electron chi connectivity index (χ0n) is 19.7. The molecule has 0 saturated carbocycles. The Bertz CT molecular complexity index is 1310. The van der Waals surface area contributed by atoms with Gasteiger partial charge in [-0.2, -0.15) is 0 Å². The van der Waals surface area contributed by atoms with Gasteiger partial charge in [-0.3, -0.25) is 9.59 Å². The topological polar surface area (TPSA) is 79.3 Å². The number of aromatic nitrogens is 2. The van der Waals surface area contributed by atoms with Crippen molar-refractivity contribution in [3.8, 4) is 10.4 Å². The largest absolute Gasteiger partial charge is 0.367 e. The second-order valence-corrected chi connectivity index (χ2v) is 10.0. The Morgan fingerprint density at radius 1 is 1.23 bits per heavy atom. The summed E-state index contributed by atoms with van der Waals surface area (Å²) in [5, 5.41) is 6.87. The summed E-state index contributed by atoms with van der Waals surface area (Å²) >= 11 is 1.31. The van der Waals surface area contributed by atoms with Gasteiger partial charge in [0.2, 0.25) is 0 Å². The molecule has 2 aromatic heterocycles. The Morgan fingerprint density at radius 2 is 1.91 bits per heavy atom. The fourth-order valence-corrected chi connectivity index (χ4v) is 5.12. The lowest BCUT2D eigenvalue weighted by molar-refractivity contribution is 0.101. The molecule has 2 N–H and O–H groups in total. The van der Waals surface area contributed by atoms with Gasteiger partial charge in [0.05, 0.1) is 26.8 Å². The van der Waals surface area contributed by atoms with Crippen molar-refractivity contribution >= 4 is 28.6 Å². The first-order valence-corrected chi connectivity index (χ1v) is 11.9. The summed E-state index contributed by atoms with van der Waals surface area (Å²) in [4.78, 5) is 31.8. The molecule has 1 aliphatic heterocycles. The van der Waals surface area contributed by atoms with E-state index in [4.69, 9.17) is 0 Å². The van der Waals surface area contributed by atoms with Gasteiger partial charge in [-0.15, -0.1) is 11.3 Å². The van der Waals surface area contributed by atoms with Crippen molar-refractivity contribution < 1.29 is 18.0 Å². The van der Waals surface area contributed by atoms with Gasteiger partial charge in [0, 0.05) is 61.8 Å². The van der Waals surface area contributed by atoms with E-state index in [2.05, 4.69) is 15.6 Å². The molecule has 35 heavy (non-hydrogen) atoms. The zero-order valence-corrected chi connectivity index (χ0v) is 20.5. The first-order valence-electron chi connectivity index (χ1n) is 11.1. The van der Waals surface area contributed by atoms with Crippen LogP contribution in [-0.4, -0.2) is 40.6 Å². The Morgan fingerprint density at radius 3 is 2.51 bits per heavy atom. The van der Waals surface area contributed by atoms with Gasteiger partial charge >= 0.3 is 0 Å². The maximum Gasteiger partial charge on any atom is 0.264 e. The third-order valence-corrected chi connectivity index (χ3v) is 6.80. The lowest BCUT2D eigenvalue weighted by Gasteiger charge is -2.38. The fourth-order valence-electron chi connectivity index (χ4n) is 4.33. The standard InChI is InChI=1S/C24H26F3N5O2S/c1-12-9-32(10-13(2)29-12)20-7-18(25)16(21-8-28-14(3)35-21)5-19(20)30-24(34)17-11-31(4)22(33)6-15(17)23(26)27/h5-8,11-13,23,29H,9-10H2,1-4H3,(H,30,34)/t12-,13+. The summed E-state index contributed by atoms with van der Waals surface area (Å²) in [6, 6.07) is 3.86. The van der Waals surface area contributed by atoms with E-state index in [9.17, 15) is 18.4 Å². The minimum absolute atomic E-state index is 0.114. The number of halogens is 3. The first-order chi connectivity index (χ1) is 16.5. The van der Waals surface area contributed by atoms with Gasteiger partial charge in [-0.1, -0.05) is 0 Å². The number of benzene rings is 1. The summed E-state index contributed by atoms with van der Waals surface area (Å²) in [5.41, 5.74) is -0.643. The molecule has 0 radical (unpaired) electrons. The molecular formula is C24H26F3N5O2S. The smallest absolute Gasteiger partial charge is 0.264 e. The van der Waals surface area contributed by atoms with Crippen molar-refractivity contribution in [3.63, 3.8) is 0 Å². The number of hydrogen-bond donors (Lipinski definition) is 2. The molecule has 0 bridgehead atoms. The van der Waals surface area contributed by atoms with Crippen LogP contribution in [0.2, 0.25) is 0 Å². The number of thiazole rings is 1. The second-order valence-electron chi connectivity index (χ2n) is 8.81. The van der Waals surface area contributed by atoms with Crippen LogP contribution in [0.3, 0.4) is 0 Å². The van der Waals surface area contributed by atoms with Crippen LogP contribution in [-0.2, 0) is 7.05 Å². The molecule has 3 heterocycles. The lowest BCUT2D eigenvalue weighted by atomic mass is 10.1. The highest BCUT2D eigenvalue weighted by molar-refractivity contribution is 7.15. The summed E-state index contributed by atoms with van der Waals surface area (Å²) < 4.78 is 43.6. The van der Waals surface area contributed by atoms with Gasteiger partial charge in [0.1, 0.15) is 5.82 Å². The Kier molecular flexibility index (Phi) is 7.00. The molecule has 1 amide bonds. The van der Waals surface area contributed by atoms with Crippen LogP contribution in [0.15, 0.2) is 35.4 Å². The summed E-state index contributed by atoms with van der Waals surface area (Å²) in [6.07, 6.45) is -0.367. The Labute approximate surface area is 204 Å². The normalized spacial score (nSPS) is 18.2. The van der Waals surface area contributed by atoms with Crippen LogP contribution in [0, 0.1) is 12.7 Å². The molecule has 0 spiro atoms. The number of piperazine rings is 1. The van der Waals surface area contributed by atoms with Gasteiger partial charge in [-0.25, -0.2) is 18.2 Å². The first kappa shape index (κ1) is 24.9. The quantitative estimate of drug-likeness (QED) is 0.540. The summed E-state index contributed by atoms with van der Waals surface area (Å²) in [7, 11) is 1.38. The minimum Gasteiger partial charge on any atom is -0.367 e. The number of nitrogens with zero attached hydrogens (tertiary/aromatic N) is 3. The van der Waals surface area contributed by atoms with Crippen LogP contribution in [0.25, 0.3) is 10.4 Å². The predicted molar refractivity (Wildman–Crippen MR) is 131 cm³/mol. The van der Waals surface area contributed by atoms with Crippen LogP contribution in [0.4, 0.5) is 24.5 Å². The molecule has 0 aliphatic carbocycles. The third-order valence-electron chi connectivity index (χ3n) is 5.86. The molecule has 1 saturated heterocycles. The van der Waals surface area contributed by atoms with E-state index in [1.165, 1.54) is 30.5 Å². The highest BCUT2D eigenvalue weighted by Crippen LogP contribution is 2.37. The highest BCUT2D eigenvalue weighted by Gasteiger charge is 2.27. The lowest BCUT2D eigenvalue weighted by Crippen LogP contribution is -2.54. The molecule has 1 fully saturated rings. The van der Waals surface area contributed by atoms with Crippen molar-refractivity contribution in [1.29, 1.82) is 0 Å². The monoisotopic (exact) mass is 505 g/mol. The minimum atomic E-state index is -3.01. The van der Waals surface area contributed by atoms with E-state index in [1.807, 2.05) is 18.7 Å². The fraction of sp³-hybridized carbons (Fsp3) is 0.375. The van der Waals surface area contributed by atoms with E-state index in [0.717, 1.165) is 21.8 Å². The van der Waals surface area contributed by atoms with Crippen LogP contribution >= 0.6 is 11.3 Å². The van der Waals surface area contributed by atoms with E-state index in [0.29, 0.717) is 23.7 Å². The van der Waals surface area contributed by atoms with E-state index < -0.39 is 29.3 Å². The highest BCUT2D eigenvalue weighted by atomic mass is 32.1. The SMILES string of the molecule is Cc1ncc(-c2cc(NC(=O)c3cn(C)c(=O)cc3C(F)F)c(N3C[C@@H](C)N[C@@H](C)C3)cc2F)s1. The number of hydrogen-bond acceptors (Lipinski definition) is 6. The number of alkyl halides is 2. The molecule has 7 nitrogen and oxygen atoms in total. The number of pyridine rings is 1. The number of amides is 1. The van der Waals surface area contributed by atoms with E-state index in [1.54, 1.807) is 13.1 Å². The van der Waals surface area contributed by atoms with Crippen LogP contribution < -0.4 is 21.1 Å². The van der Waals surface area contributed by atoms with Crippen LogP contribution in [0.5, 0.6) is 0 Å². The molecule has 2 atom stereocenters. The van der Waals surface area contributed by atoms with Crippen molar-refractivity contribution in [1.82, 2.24) is 14.9 Å². The van der Waals surface area contributed by atoms with Crippen molar-refractivity contribution in [2.24, 2.45) is 7.05 Å².